The van der Waals surface area contributed by atoms with Crippen molar-refractivity contribution in [1.82, 2.24) is 4.98 Å². The van der Waals surface area contributed by atoms with Crippen LogP contribution in [0.2, 0.25) is 0 Å². The number of anilines is 1. The van der Waals surface area contributed by atoms with Crippen molar-refractivity contribution >= 4 is 34.3 Å². The van der Waals surface area contributed by atoms with Crippen LogP contribution >= 0.6 is 11.3 Å². The highest BCUT2D eigenvalue weighted by Crippen LogP contribution is 2.24. The third-order valence-electron chi connectivity index (χ3n) is 2.84. The molecule has 0 saturated heterocycles. The molecule has 0 fully saturated rings. The van der Waals surface area contributed by atoms with Gasteiger partial charge in [0.25, 0.3) is 0 Å². The van der Waals surface area contributed by atoms with E-state index in [1.165, 1.54) is 6.92 Å². The van der Waals surface area contributed by atoms with Gasteiger partial charge in [0.2, 0.25) is 0 Å². The highest BCUT2D eigenvalue weighted by atomic mass is 32.1. The minimum absolute atomic E-state index is 0.0984. The first-order chi connectivity index (χ1) is 11.5. The molecular weight excluding hydrogens is 332 g/mol. The molecule has 2 aromatic rings. The summed E-state index contributed by atoms with van der Waals surface area (Å²) in [6.45, 7) is 3.23. The lowest BCUT2D eigenvalue weighted by atomic mass is 10.2. The molecule has 1 aromatic carbocycles. The smallest absolute Gasteiger partial charge is 0.413 e. The molecule has 7 nitrogen and oxygen atoms in total. The van der Waals surface area contributed by atoms with Gasteiger partial charge >= 0.3 is 12.1 Å². The number of rotatable bonds is 6. The van der Waals surface area contributed by atoms with E-state index in [9.17, 15) is 14.4 Å². The number of nitrogens with zero attached hydrogens (tertiary/aromatic N) is 1. The van der Waals surface area contributed by atoms with E-state index in [1.54, 1.807) is 6.92 Å². The lowest BCUT2D eigenvalue weighted by molar-refractivity contribution is 0.0517. The predicted molar refractivity (Wildman–Crippen MR) is 88.3 cm³/mol. The average molecular weight is 348 g/mol. The largest absolute Gasteiger partial charge is 0.461 e. The Hall–Kier alpha value is -2.74. The molecular formula is C16H16N2O5S. The van der Waals surface area contributed by atoms with Crippen molar-refractivity contribution < 1.29 is 23.9 Å². The van der Waals surface area contributed by atoms with Crippen LogP contribution < -0.4 is 5.32 Å². The fourth-order valence-corrected chi connectivity index (χ4v) is 2.63. The molecule has 24 heavy (non-hydrogen) atoms. The quantitative estimate of drug-likeness (QED) is 0.636. The standard InChI is InChI=1S/C16H16N2O5S/c1-3-22-14(20)12-13(10(2)19)24-15(17-12)18-16(21)23-9-11-7-5-4-6-8-11/h4-8H,3,9H2,1-2H3,(H,17,18,21). The molecule has 0 saturated carbocycles. The van der Waals surface area contributed by atoms with Gasteiger partial charge in [-0.05, 0) is 12.5 Å². The highest BCUT2D eigenvalue weighted by Gasteiger charge is 2.23. The van der Waals surface area contributed by atoms with Crippen molar-refractivity contribution in [2.45, 2.75) is 20.5 Å². The summed E-state index contributed by atoms with van der Waals surface area (Å²) in [4.78, 5) is 39.3. The molecule has 8 heteroatoms. The number of carbonyl (C=O) groups is 3. The second kappa shape index (κ2) is 8.21. The number of Topliss-reactive ketones (excluding diaryl/α,β-unsaturated/α-hetero) is 1. The van der Waals surface area contributed by atoms with Crippen LogP contribution in [0.5, 0.6) is 0 Å². The number of nitrogens with one attached hydrogen (secondary N) is 1. The van der Waals surface area contributed by atoms with Gasteiger partial charge in [0.1, 0.15) is 11.5 Å². The van der Waals surface area contributed by atoms with Crippen molar-refractivity contribution in [3.05, 3.63) is 46.5 Å². The Balaban J connectivity index is 2.03. The fraction of sp³-hybridized carbons (Fsp3) is 0.250. The monoisotopic (exact) mass is 348 g/mol. The molecule has 0 atom stereocenters. The maximum absolute atomic E-state index is 11.8. The van der Waals surface area contributed by atoms with E-state index in [0.717, 1.165) is 16.9 Å². The maximum Gasteiger partial charge on any atom is 0.413 e. The summed E-state index contributed by atoms with van der Waals surface area (Å²) in [5.74, 6) is -1.04. The number of benzene rings is 1. The normalized spacial score (nSPS) is 10.1. The van der Waals surface area contributed by atoms with Crippen LogP contribution in [0.3, 0.4) is 0 Å². The number of esters is 1. The lowest BCUT2D eigenvalue weighted by Gasteiger charge is -2.04. The van der Waals surface area contributed by atoms with E-state index in [4.69, 9.17) is 9.47 Å². The topological polar surface area (TPSA) is 94.6 Å². The van der Waals surface area contributed by atoms with E-state index >= 15 is 0 Å². The van der Waals surface area contributed by atoms with Crippen LogP contribution in [0.1, 0.15) is 39.6 Å². The zero-order valence-corrected chi connectivity index (χ0v) is 14.0. The fourth-order valence-electron chi connectivity index (χ4n) is 1.80. The molecule has 0 aliphatic carbocycles. The average Bonchev–Trinajstić information content (AvgIpc) is 2.98. The van der Waals surface area contributed by atoms with Gasteiger partial charge in [0.15, 0.2) is 16.6 Å². The number of carbonyl (C=O) groups excluding carboxylic acids is 3. The highest BCUT2D eigenvalue weighted by molar-refractivity contribution is 7.18. The predicted octanol–water partition coefficient (Wildman–Crippen LogP) is 3.27. The van der Waals surface area contributed by atoms with E-state index in [0.29, 0.717) is 0 Å². The first kappa shape index (κ1) is 17.6. The van der Waals surface area contributed by atoms with E-state index in [1.807, 2.05) is 30.3 Å². The Morgan fingerprint density at radius 1 is 1.17 bits per heavy atom. The molecule has 0 radical (unpaired) electrons. The van der Waals surface area contributed by atoms with Crippen molar-refractivity contribution in [1.29, 1.82) is 0 Å². The Labute approximate surface area is 142 Å². The zero-order valence-electron chi connectivity index (χ0n) is 13.2. The SMILES string of the molecule is CCOC(=O)c1nc(NC(=O)OCc2ccccc2)sc1C(C)=O. The number of amides is 1. The molecule has 1 N–H and O–H groups in total. The molecule has 0 aliphatic rings. The van der Waals surface area contributed by atoms with E-state index < -0.39 is 12.1 Å². The first-order valence-electron chi connectivity index (χ1n) is 7.17. The van der Waals surface area contributed by atoms with Crippen molar-refractivity contribution in [2.24, 2.45) is 0 Å². The Kier molecular flexibility index (Phi) is 6.02. The third-order valence-corrected chi connectivity index (χ3v) is 3.91. The second-order valence-corrected chi connectivity index (χ2v) is 5.66. The zero-order chi connectivity index (χ0) is 17.5. The van der Waals surface area contributed by atoms with Crippen LogP contribution in [-0.4, -0.2) is 29.4 Å². The summed E-state index contributed by atoms with van der Waals surface area (Å²) in [7, 11) is 0. The molecule has 0 aliphatic heterocycles. The van der Waals surface area contributed by atoms with Gasteiger partial charge in [-0.25, -0.2) is 14.6 Å². The lowest BCUT2D eigenvalue weighted by Crippen LogP contribution is -2.14. The summed E-state index contributed by atoms with van der Waals surface area (Å²) in [5.41, 5.74) is 0.733. The molecule has 0 spiro atoms. The van der Waals surface area contributed by atoms with Crippen LogP contribution in [-0.2, 0) is 16.1 Å². The van der Waals surface area contributed by atoms with Crippen LogP contribution in [0, 0.1) is 0 Å². The number of aromatic nitrogens is 1. The first-order valence-corrected chi connectivity index (χ1v) is 7.99. The summed E-state index contributed by atoms with van der Waals surface area (Å²) < 4.78 is 9.92. The number of hydrogen-bond acceptors (Lipinski definition) is 7. The molecule has 1 aromatic heterocycles. The van der Waals surface area contributed by atoms with Crippen LogP contribution in [0.4, 0.5) is 9.93 Å². The summed E-state index contributed by atoms with van der Waals surface area (Å²) in [6.07, 6.45) is -0.724. The Morgan fingerprint density at radius 2 is 1.88 bits per heavy atom. The number of thiazole rings is 1. The Morgan fingerprint density at radius 3 is 2.50 bits per heavy atom. The van der Waals surface area contributed by atoms with Crippen molar-refractivity contribution in [3.63, 3.8) is 0 Å². The molecule has 1 heterocycles. The summed E-state index contributed by atoms with van der Waals surface area (Å²) >= 11 is 0.898. The summed E-state index contributed by atoms with van der Waals surface area (Å²) in [6, 6.07) is 9.18. The molecule has 0 bridgehead atoms. The van der Waals surface area contributed by atoms with Crippen LogP contribution in [0.25, 0.3) is 0 Å². The second-order valence-electron chi connectivity index (χ2n) is 4.66. The number of ketones is 1. The van der Waals surface area contributed by atoms with E-state index in [2.05, 4.69) is 10.3 Å². The summed E-state index contributed by atoms with van der Waals surface area (Å²) in [5, 5.41) is 2.51. The minimum Gasteiger partial charge on any atom is -0.461 e. The van der Waals surface area contributed by atoms with E-state index in [-0.39, 0.29) is 34.7 Å². The van der Waals surface area contributed by atoms with Crippen molar-refractivity contribution in [3.8, 4) is 0 Å². The molecule has 0 unspecified atom stereocenters. The Bertz CT molecular complexity index is 742. The van der Waals surface area contributed by atoms with Gasteiger partial charge in [-0.15, -0.1) is 0 Å². The third kappa shape index (κ3) is 4.63. The van der Waals surface area contributed by atoms with Gasteiger partial charge in [-0.2, -0.15) is 0 Å². The molecule has 126 valence electrons. The molecule has 2 rings (SSSR count). The van der Waals surface area contributed by atoms with Gasteiger partial charge in [0.05, 0.1) is 6.61 Å². The van der Waals surface area contributed by atoms with Gasteiger partial charge < -0.3 is 9.47 Å². The van der Waals surface area contributed by atoms with Gasteiger partial charge in [-0.3, -0.25) is 10.1 Å². The minimum atomic E-state index is -0.724. The van der Waals surface area contributed by atoms with Gasteiger partial charge in [-0.1, -0.05) is 41.7 Å². The maximum atomic E-state index is 11.8. The van der Waals surface area contributed by atoms with Crippen LogP contribution in [0.15, 0.2) is 30.3 Å². The van der Waals surface area contributed by atoms with Crippen molar-refractivity contribution in [2.75, 3.05) is 11.9 Å². The number of ether oxygens (including phenoxy) is 2. The van der Waals surface area contributed by atoms with Gasteiger partial charge in [0, 0.05) is 6.92 Å². The molecule has 1 amide bonds. The number of hydrogen-bond donors (Lipinski definition) is 1.